The number of anilines is 1. The van der Waals surface area contributed by atoms with Crippen molar-refractivity contribution in [3.05, 3.63) is 50.4 Å². The second-order valence-electron chi connectivity index (χ2n) is 6.88. The molecule has 9 nitrogen and oxygen atoms in total. The molecule has 0 aliphatic carbocycles. The molecule has 2 aromatic heterocycles. The Bertz CT molecular complexity index is 1220. The molecule has 3 aromatic rings. The maximum atomic E-state index is 12.6. The minimum atomic E-state index is -0.466. The van der Waals surface area contributed by atoms with Gasteiger partial charge in [-0.1, -0.05) is 6.07 Å². The molecule has 0 radical (unpaired) electrons. The molecule has 0 unspecified atom stereocenters. The number of aromatic nitrogens is 2. The van der Waals surface area contributed by atoms with E-state index in [4.69, 9.17) is 4.74 Å². The van der Waals surface area contributed by atoms with Gasteiger partial charge in [-0.3, -0.25) is 14.4 Å². The van der Waals surface area contributed by atoms with Crippen LogP contribution in [0, 0.1) is 0 Å². The smallest absolute Gasteiger partial charge is 0.287 e. The highest BCUT2D eigenvalue weighted by Crippen LogP contribution is 2.30. The number of hydrogen-bond donors (Lipinski definition) is 4. The van der Waals surface area contributed by atoms with Crippen LogP contribution in [0.5, 0.6) is 5.75 Å². The van der Waals surface area contributed by atoms with Gasteiger partial charge in [0.05, 0.1) is 11.1 Å². The number of fused-ring (bicyclic) bond motifs is 4. The Kier molecular flexibility index (Phi) is 4.29. The Balaban J connectivity index is 1.36. The largest absolute Gasteiger partial charge is 0.482 e. The molecule has 0 spiro atoms. The Morgan fingerprint density at radius 3 is 3.10 bits per heavy atom. The maximum Gasteiger partial charge on any atom is 0.287 e. The van der Waals surface area contributed by atoms with Crippen LogP contribution in [0.25, 0.3) is 10.2 Å². The number of rotatable bonds is 3. The van der Waals surface area contributed by atoms with E-state index in [-0.39, 0.29) is 30.4 Å². The highest BCUT2D eigenvalue weighted by molar-refractivity contribution is 7.18. The summed E-state index contributed by atoms with van der Waals surface area (Å²) in [6, 6.07) is 5.29. The summed E-state index contributed by atoms with van der Waals surface area (Å²) in [6.07, 6.45) is 0.857. The summed E-state index contributed by atoms with van der Waals surface area (Å²) in [5.74, 6) is -0.106. The molecule has 10 heteroatoms. The fourth-order valence-electron chi connectivity index (χ4n) is 3.53. The first kappa shape index (κ1) is 17.8. The molecule has 1 aromatic carbocycles. The van der Waals surface area contributed by atoms with E-state index in [9.17, 15) is 14.4 Å². The molecule has 2 amide bonds. The molecule has 148 valence electrons. The average molecular weight is 411 g/mol. The highest BCUT2D eigenvalue weighted by atomic mass is 32.1. The van der Waals surface area contributed by atoms with Crippen LogP contribution in [0.1, 0.15) is 26.6 Å². The topological polar surface area (TPSA) is 125 Å². The summed E-state index contributed by atoms with van der Waals surface area (Å²) in [5.41, 5.74) is 2.04. The van der Waals surface area contributed by atoms with Crippen LogP contribution in [-0.2, 0) is 24.3 Å². The van der Waals surface area contributed by atoms with Crippen molar-refractivity contribution in [3.63, 3.8) is 0 Å². The predicted octanol–water partition coefficient (Wildman–Crippen LogP) is 0.891. The molecule has 0 bridgehead atoms. The monoisotopic (exact) mass is 411 g/mol. The van der Waals surface area contributed by atoms with Crippen LogP contribution in [0.15, 0.2) is 23.0 Å². The van der Waals surface area contributed by atoms with Crippen LogP contribution >= 0.6 is 11.3 Å². The summed E-state index contributed by atoms with van der Waals surface area (Å²) < 4.78 is 5.32. The summed E-state index contributed by atoms with van der Waals surface area (Å²) in [6.45, 7) is 1.73. The van der Waals surface area contributed by atoms with Crippen LogP contribution < -0.4 is 26.2 Å². The second-order valence-corrected chi connectivity index (χ2v) is 7.96. The van der Waals surface area contributed by atoms with Crippen molar-refractivity contribution in [2.75, 3.05) is 18.5 Å². The number of thiophene rings is 1. The van der Waals surface area contributed by atoms with E-state index in [2.05, 4.69) is 25.9 Å². The summed E-state index contributed by atoms with van der Waals surface area (Å²) in [5, 5.41) is 9.31. The quantitative estimate of drug-likeness (QED) is 0.507. The molecular formula is C19H17N5O4S. The standard InChI is InChI=1S/C19H17N5O4S/c25-14-8-28-12-2-1-9(5-11(12)22-14)6-21-18(27)16-23-17(26)15-10-7-20-4-3-13(10)29-19(15)24-16/h1-2,5,20H,3-4,6-8H2,(H,21,27)(H,22,25)(H,23,24,26). The fraction of sp³-hybridized carbons (Fsp3) is 0.263. The van der Waals surface area contributed by atoms with Gasteiger partial charge in [0, 0.05) is 24.5 Å². The Morgan fingerprint density at radius 1 is 1.31 bits per heavy atom. The van der Waals surface area contributed by atoms with Crippen molar-refractivity contribution in [2.24, 2.45) is 0 Å². The molecule has 0 fully saturated rings. The number of ether oxygens (including phenoxy) is 1. The van der Waals surface area contributed by atoms with Gasteiger partial charge in [-0.25, -0.2) is 4.98 Å². The van der Waals surface area contributed by atoms with Gasteiger partial charge in [-0.15, -0.1) is 11.3 Å². The number of nitrogens with zero attached hydrogens (tertiary/aromatic N) is 1. The molecule has 4 N–H and O–H groups in total. The lowest BCUT2D eigenvalue weighted by atomic mass is 10.1. The zero-order chi connectivity index (χ0) is 20.0. The van der Waals surface area contributed by atoms with Crippen molar-refractivity contribution in [1.82, 2.24) is 20.6 Å². The minimum absolute atomic E-state index is 0.00714. The molecule has 0 saturated carbocycles. The lowest BCUT2D eigenvalue weighted by Crippen LogP contribution is -2.28. The zero-order valence-corrected chi connectivity index (χ0v) is 16.1. The third-order valence-corrected chi connectivity index (χ3v) is 6.11. The zero-order valence-electron chi connectivity index (χ0n) is 15.3. The summed E-state index contributed by atoms with van der Waals surface area (Å²) >= 11 is 1.47. The van der Waals surface area contributed by atoms with E-state index < -0.39 is 5.91 Å². The van der Waals surface area contributed by atoms with Gasteiger partial charge in [-0.2, -0.15) is 0 Å². The number of aromatic amines is 1. The van der Waals surface area contributed by atoms with Crippen molar-refractivity contribution < 1.29 is 14.3 Å². The van der Waals surface area contributed by atoms with Crippen LogP contribution in [-0.4, -0.2) is 34.9 Å². The van der Waals surface area contributed by atoms with Gasteiger partial charge in [0.1, 0.15) is 10.6 Å². The van der Waals surface area contributed by atoms with Gasteiger partial charge in [-0.05, 0) is 29.7 Å². The number of hydrogen-bond acceptors (Lipinski definition) is 7. The van der Waals surface area contributed by atoms with E-state index in [0.29, 0.717) is 28.2 Å². The molecule has 0 atom stereocenters. The molecule has 4 heterocycles. The van der Waals surface area contributed by atoms with Gasteiger partial charge in [0.25, 0.3) is 17.4 Å². The number of carbonyl (C=O) groups excluding carboxylic acids is 2. The third kappa shape index (κ3) is 3.26. The fourth-order valence-corrected chi connectivity index (χ4v) is 4.72. The lowest BCUT2D eigenvalue weighted by Gasteiger charge is -2.18. The summed E-state index contributed by atoms with van der Waals surface area (Å²) in [7, 11) is 0. The first-order valence-electron chi connectivity index (χ1n) is 9.17. The first-order chi connectivity index (χ1) is 14.1. The number of amides is 2. The van der Waals surface area contributed by atoms with Crippen molar-refractivity contribution >= 4 is 39.1 Å². The predicted molar refractivity (Wildman–Crippen MR) is 107 cm³/mol. The molecule has 2 aliphatic rings. The maximum absolute atomic E-state index is 12.6. The minimum Gasteiger partial charge on any atom is -0.482 e. The van der Waals surface area contributed by atoms with Gasteiger partial charge < -0.3 is 25.7 Å². The van der Waals surface area contributed by atoms with Crippen LogP contribution in [0.4, 0.5) is 5.69 Å². The van der Waals surface area contributed by atoms with Crippen LogP contribution in [0.2, 0.25) is 0 Å². The highest BCUT2D eigenvalue weighted by Gasteiger charge is 2.21. The number of carbonyl (C=O) groups is 2. The number of benzene rings is 1. The van der Waals surface area contributed by atoms with Crippen molar-refractivity contribution in [2.45, 2.75) is 19.5 Å². The summed E-state index contributed by atoms with van der Waals surface area (Å²) in [4.78, 5) is 45.3. The Hall–Kier alpha value is -3.24. The Labute approximate surface area is 168 Å². The first-order valence-corrected chi connectivity index (χ1v) is 9.99. The number of H-pyrrole nitrogens is 1. The van der Waals surface area contributed by atoms with E-state index in [1.54, 1.807) is 18.2 Å². The molecule has 2 aliphatic heterocycles. The molecular weight excluding hydrogens is 394 g/mol. The van der Waals surface area contributed by atoms with Crippen LogP contribution in [0.3, 0.4) is 0 Å². The lowest BCUT2D eigenvalue weighted by molar-refractivity contribution is -0.118. The van der Waals surface area contributed by atoms with E-state index in [1.807, 2.05) is 0 Å². The third-order valence-electron chi connectivity index (χ3n) is 4.92. The number of nitrogens with one attached hydrogen (secondary N) is 4. The molecule has 0 saturated heterocycles. The van der Waals surface area contributed by atoms with Gasteiger partial charge >= 0.3 is 0 Å². The van der Waals surface area contributed by atoms with E-state index in [1.165, 1.54) is 11.3 Å². The van der Waals surface area contributed by atoms with Gasteiger partial charge in [0.15, 0.2) is 6.61 Å². The second kappa shape index (κ2) is 6.98. The van der Waals surface area contributed by atoms with Crippen molar-refractivity contribution in [3.8, 4) is 5.75 Å². The molecule has 5 rings (SSSR count). The van der Waals surface area contributed by atoms with E-state index in [0.717, 1.165) is 29.0 Å². The van der Waals surface area contributed by atoms with Crippen molar-refractivity contribution in [1.29, 1.82) is 0 Å². The van der Waals surface area contributed by atoms with E-state index >= 15 is 0 Å². The SMILES string of the molecule is O=C1COc2ccc(CNC(=O)c3nc4sc5c(c4c(=O)[nH]3)CNCC5)cc2N1. The Morgan fingerprint density at radius 2 is 2.21 bits per heavy atom. The average Bonchev–Trinajstić information content (AvgIpc) is 3.10. The molecule has 29 heavy (non-hydrogen) atoms. The normalized spacial score (nSPS) is 15.2. The van der Waals surface area contributed by atoms with Gasteiger partial charge in [0.2, 0.25) is 5.82 Å².